The van der Waals surface area contributed by atoms with Gasteiger partial charge in [0.15, 0.2) is 0 Å². The molecule has 1 aromatic carbocycles. The van der Waals surface area contributed by atoms with Crippen LogP contribution < -0.4 is 10.6 Å². The van der Waals surface area contributed by atoms with Gasteiger partial charge in [0.2, 0.25) is 0 Å². The fourth-order valence-corrected chi connectivity index (χ4v) is 1.95. The highest BCUT2D eigenvalue weighted by Gasteiger charge is 2.17. The molecule has 0 aliphatic rings. The highest BCUT2D eigenvalue weighted by Crippen LogP contribution is 2.17. The van der Waals surface area contributed by atoms with Gasteiger partial charge in [-0.1, -0.05) is 43.3 Å². The predicted molar refractivity (Wildman–Crippen MR) is 82.2 cm³/mol. The summed E-state index contributed by atoms with van der Waals surface area (Å²) in [7, 11) is 0. The lowest BCUT2D eigenvalue weighted by atomic mass is 9.98. The third-order valence-corrected chi connectivity index (χ3v) is 3.24. The molecule has 114 valence electrons. The fraction of sp³-hybridized carbons (Fsp3) is 0.375. The zero-order valence-corrected chi connectivity index (χ0v) is 12.2. The van der Waals surface area contributed by atoms with E-state index in [1.807, 2.05) is 18.2 Å². The van der Waals surface area contributed by atoms with Gasteiger partial charge < -0.3 is 15.7 Å². The summed E-state index contributed by atoms with van der Waals surface area (Å²) in [4.78, 5) is 22.5. The van der Waals surface area contributed by atoms with Crippen LogP contribution >= 0.6 is 0 Å². The Morgan fingerprint density at radius 2 is 2.00 bits per heavy atom. The summed E-state index contributed by atoms with van der Waals surface area (Å²) in [6.45, 7) is 6.05. The molecule has 2 atom stereocenters. The number of nitrogens with one attached hydrogen (secondary N) is 2. The van der Waals surface area contributed by atoms with Crippen molar-refractivity contribution in [1.29, 1.82) is 0 Å². The van der Waals surface area contributed by atoms with Crippen LogP contribution in [0.3, 0.4) is 0 Å². The summed E-state index contributed by atoms with van der Waals surface area (Å²) in [6.07, 6.45) is 2.45. The number of amides is 2. The Bertz CT molecular complexity index is 474. The van der Waals surface area contributed by atoms with Crippen molar-refractivity contribution < 1.29 is 14.7 Å². The van der Waals surface area contributed by atoms with Gasteiger partial charge in [-0.15, -0.1) is 6.58 Å². The van der Waals surface area contributed by atoms with E-state index in [1.54, 1.807) is 0 Å². The maximum Gasteiger partial charge on any atom is 0.326 e. The normalized spacial score (nSPS) is 13.0. The van der Waals surface area contributed by atoms with Crippen molar-refractivity contribution in [3.8, 4) is 0 Å². The summed E-state index contributed by atoms with van der Waals surface area (Å²) < 4.78 is 0. The Labute approximate surface area is 125 Å². The van der Waals surface area contributed by atoms with Gasteiger partial charge in [0.1, 0.15) is 6.04 Å². The Balaban J connectivity index is 2.33. The molecule has 0 fully saturated rings. The lowest BCUT2D eigenvalue weighted by Crippen LogP contribution is -2.46. The van der Waals surface area contributed by atoms with E-state index in [2.05, 4.69) is 36.3 Å². The zero-order chi connectivity index (χ0) is 15.7. The van der Waals surface area contributed by atoms with Crippen molar-refractivity contribution in [2.75, 3.05) is 6.54 Å². The van der Waals surface area contributed by atoms with E-state index in [9.17, 15) is 9.59 Å². The highest BCUT2D eigenvalue weighted by atomic mass is 16.4. The molecule has 5 heteroatoms. The molecule has 0 spiro atoms. The number of carbonyl (C=O) groups is 2. The lowest BCUT2D eigenvalue weighted by molar-refractivity contribution is -0.139. The average molecular weight is 290 g/mol. The predicted octanol–water partition coefficient (Wildman–Crippen LogP) is 2.51. The molecule has 1 aromatic rings. The zero-order valence-electron chi connectivity index (χ0n) is 12.2. The SMILES string of the molecule is C=CCC(NC(=O)NCCC(C)c1ccccc1)C(=O)O. The number of carbonyl (C=O) groups excluding carboxylic acids is 1. The van der Waals surface area contributed by atoms with Crippen LogP contribution in [0.4, 0.5) is 4.79 Å². The van der Waals surface area contributed by atoms with E-state index in [1.165, 1.54) is 11.6 Å². The van der Waals surface area contributed by atoms with Gasteiger partial charge in [0.05, 0.1) is 0 Å². The minimum absolute atomic E-state index is 0.198. The van der Waals surface area contributed by atoms with Crippen LogP contribution in [0.2, 0.25) is 0 Å². The van der Waals surface area contributed by atoms with Crippen LogP contribution in [0.15, 0.2) is 43.0 Å². The fourth-order valence-electron chi connectivity index (χ4n) is 1.95. The van der Waals surface area contributed by atoms with E-state index < -0.39 is 18.0 Å². The van der Waals surface area contributed by atoms with Crippen LogP contribution in [0.5, 0.6) is 0 Å². The number of urea groups is 1. The third-order valence-electron chi connectivity index (χ3n) is 3.24. The van der Waals surface area contributed by atoms with Crippen molar-refractivity contribution in [1.82, 2.24) is 10.6 Å². The molecule has 1 rings (SSSR count). The molecule has 0 saturated heterocycles. The lowest BCUT2D eigenvalue weighted by Gasteiger charge is -2.15. The highest BCUT2D eigenvalue weighted by molar-refractivity contribution is 5.82. The molecule has 2 unspecified atom stereocenters. The van der Waals surface area contributed by atoms with E-state index in [4.69, 9.17) is 5.11 Å². The molecule has 3 N–H and O–H groups in total. The number of hydrogen-bond donors (Lipinski definition) is 3. The second kappa shape index (κ2) is 8.79. The van der Waals surface area contributed by atoms with Gasteiger partial charge >= 0.3 is 12.0 Å². The van der Waals surface area contributed by atoms with Crippen molar-refractivity contribution >= 4 is 12.0 Å². The molecule has 0 heterocycles. The minimum atomic E-state index is -1.07. The van der Waals surface area contributed by atoms with Crippen LogP contribution in [0, 0.1) is 0 Å². The van der Waals surface area contributed by atoms with Gasteiger partial charge in [-0.2, -0.15) is 0 Å². The maximum absolute atomic E-state index is 11.6. The summed E-state index contributed by atoms with van der Waals surface area (Å²) in [6, 6.07) is 8.63. The number of aliphatic carboxylic acids is 1. The molecular formula is C16H22N2O3. The standard InChI is InChI=1S/C16H22N2O3/c1-3-7-14(15(19)20)18-16(21)17-11-10-12(2)13-8-5-4-6-9-13/h3-6,8-9,12,14H,1,7,10-11H2,2H3,(H,19,20)(H2,17,18,21). The van der Waals surface area contributed by atoms with Gasteiger partial charge in [-0.25, -0.2) is 9.59 Å². The Hall–Kier alpha value is -2.30. The Kier molecular flexibility index (Phi) is 7.01. The Morgan fingerprint density at radius 1 is 1.33 bits per heavy atom. The van der Waals surface area contributed by atoms with Crippen molar-refractivity contribution in [3.63, 3.8) is 0 Å². The molecule has 0 aliphatic heterocycles. The number of rotatable bonds is 8. The molecule has 0 aliphatic carbocycles. The smallest absolute Gasteiger partial charge is 0.326 e. The first kappa shape index (κ1) is 16.8. The van der Waals surface area contributed by atoms with E-state index in [-0.39, 0.29) is 6.42 Å². The van der Waals surface area contributed by atoms with E-state index in [0.717, 1.165) is 6.42 Å². The summed E-state index contributed by atoms with van der Waals surface area (Å²) in [5.41, 5.74) is 1.22. The largest absolute Gasteiger partial charge is 0.480 e. The van der Waals surface area contributed by atoms with Crippen LogP contribution in [-0.2, 0) is 4.79 Å². The van der Waals surface area contributed by atoms with Gasteiger partial charge in [-0.3, -0.25) is 0 Å². The van der Waals surface area contributed by atoms with Crippen LogP contribution in [-0.4, -0.2) is 29.7 Å². The number of hydrogen-bond acceptors (Lipinski definition) is 2. The molecule has 2 amide bonds. The second-order valence-corrected chi connectivity index (χ2v) is 4.92. The second-order valence-electron chi connectivity index (χ2n) is 4.92. The first-order valence-corrected chi connectivity index (χ1v) is 6.97. The van der Waals surface area contributed by atoms with Gasteiger partial charge in [-0.05, 0) is 24.3 Å². The Morgan fingerprint density at radius 3 is 2.57 bits per heavy atom. The molecular weight excluding hydrogens is 268 g/mol. The van der Waals surface area contributed by atoms with Crippen molar-refractivity contribution in [3.05, 3.63) is 48.6 Å². The van der Waals surface area contributed by atoms with Crippen LogP contribution in [0.1, 0.15) is 31.2 Å². The van der Waals surface area contributed by atoms with Gasteiger partial charge in [0.25, 0.3) is 0 Å². The van der Waals surface area contributed by atoms with Crippen molar-refractivity contribution in [2.24, 2.45) is 0 Å². The van der Waals surface area contributed by atoms with E-state index >= 15 is 0 Å². The number of carboxylic acid groups (broad SMARTS) is 1. The average Bonchev–Trinajstić information content (AvgIpc) is 2.47. The maximum atomic E-state index is 11.6. The monoisotopic (exact) mass is 290 g/mol. The number of carboxylic acids is 1. The third kappa shape index (κ3) is 6.12. The summed E-state index contributed by atoms with van der Waals surface area (Å²) in [5, 5.41) is 14.0. The minimum Gasteiger partial charge on any atom is -0.480 e. The van der Waals surface area contributed by atoms with Crippen molar-refractivity contribution in [2.45, 2.75) is 31.7 Å². The van der Waals surface area contributed by atoms with Crippen LogP contribution in [0.25, 0.3) is 0 Å². The molecule has 21 heavy (non-hydrogen) atoms. The summed E-state index contributed by atoms with van der Waals surface area (Å²) >= 11 is 0. The molecule has 0 aromatic heterocycles. The number of benzene rings is 1. The molecule has 0 bridgehead atoms. The molecule has 0 saturated carbocycles. The topological polar surface area (TPSA) is 78.4 Å². The van der Waals surface area contributed by atoms with E-state index in [0.29, 0.717) is 12.5 Å². The van der Waals surface area contributed by atoms with Gasteiger partial charge in [0, 0.05) is 6.54 Å². The summed E-state index contributed by atoms with van der Waals surface area (Å²) in [5.74, 6) is -0.738. The molecule has 0 radical (unpaired) electrons. The first-order chi connectivity index (χ1) is 10.0. The first-order valence-electron chi connectivity index (χ1n) is 6.97. The quantitative estimate of drug-likeness (QED) is 0.644. The molecule has 5 nitrogen and oxygen atoms in total.